The topological polar surface area (TPSA) is 96.0 Å². The molecule has 0 aromatic heterocycles. The minimum atomic E-state index is -3.83. The van der Waals surface area contributed by atoms with Crippen molar-refractivity contribution >= 4 is 39.2 Å². The van der Waals surface area contributed by atoms with Crippen LogP contribution < -0.4 is 10.2 Å². The zero-order chi connectivity index (χ0) is 23.3. The molecule has 0 atom stereocenters. The van der Waals surface area contributed by atoms with Gasteiger partial charge in [0.25, 0.3) is 5.91 Å². The van der Waals surface area contributed by atoms with E-state index in [4.69, 9.17) is 16.3 Å². The second-order valence-corrected chi connectivity index (χ2v) is 10.0. The fourth-order valence-corrected chi connectivity index (χ4v) is 5.01. The summed E-state index contributed by atoms with van der Waals surface area (Å²) < 4.78 is 32.7. The fourth-order valence-electron chi connectivity index (χ4n) is 3.37. The Morgan fingerprint density at radius 2 is 1.72 bits per heavy atom. The summed E-state index contributed by atoms with van der Waals surface area (Å²) in [5.41, 5.74) is 0.940. The molecule has 0 aliphatic carbocycles. The van der Waals surface area contributed by atoms with E-state index in [1.54, 1.807) is 13.8 Å². The highest BCUT2D eigenvalue weighted by Gasteiger charge is 2.30. The van der Waals surface area contributed by atoms with Crippen molar-refractivity contribution in [2.75, 3.05) is 37.7 Å². The highest BCUT2D eigenvalue weighted by atomic mass is 35.5. The molecule has 172 valence electrons. The average Bonchev–Trinajstić information content (AvgIpc) is 2.78. The van der Waals surface area contributed by atoms with E-state index >= 15 is 0 Å². The van der Waals surface area contributed by atoms with Gasteiger partial charge < -0.3 is 15.0 Å². The average molecular weight is 480 g/mol. The van der Waals surface area contributed by atoms with Crippen molar-refractivity contribution in [1.82, 2.24) is 9.62 Å². The Hall–Kier alpha value is -2.62. The maximum Gasteiger partial charge on any atom is 0.340 e. The van der Waals surface area contributed by atoms with Crippen molar-refractivity contribution in [3.63, 3.8) is 0 Å². The lowest BCUT2D eigenvalue weighted by molar-refractivity contribution is -0.124. The van der Waals surface area contributed by atoms with Gasteiger partial charge in [0.05, 0.1) is 15.5 Å². The molecule has 2 aromatic rings. The van der Waals surface area contributed by atoms with Crippen LogP contribution in [0.3, 0.4) is 0 Å². The van der Waals surface area contributed by atoms with Crippen LogP contribution in [0.1, 0.15) is 24.2 Å². The summed E-state index contributed by atoms with van der Waals surface area (Å²) in [6, 6.07) is 13.6. The molecule has 3 rings (SSSR count). The fraction of sp³-hybridized carbons (Fsp3) is 0.364. The molecule has 1 amide bonds. The molecule has 32 heavy (non-hydrogen) atoms. The number of para-hydroxylation sites is 1. The number of hydrogen-bond donors (Lipinski definition) is 1. The number of halogens is 1. The zero-order valence-electron chi connectivity index (χ0n) is 18.0. The van der Waals surface area contributed by atoms with Gasteiger partial charge in [0.2, 0.25) is 10.0 Å². The first-order chi connectivity index (χ1) is 15.2. The third kappa shape index (κ3) is 5.79. The smallest absolute Gasteiger partial charge is 0.340 e. The van der Waals surface area contributed by atoms with Crippen molar-refractivity contribution in [1.29, 1.82) is 0 Å². The highest BCUT2D eigenvalue weighted by Crippen LogP contribution is 2.25. The molecule has 1 aliphatic heterocycles. The molecule has 0 radical (unpaired) electrons. The normalized spacial score (nSPS) is 14.9. The molecule has 0 saturated carbocycles. The Bertz CT molecular complexity index is 1070. The molecule has 10 heteroatoms. The lowest BCUT2D eigenvalue weighted by atomic mass is 10.2. The van der Waals surface area contributed by atoms with E-state index in [0.717, 1.165) is 5.69 Å². The third-order valence-electron chi connectivity index (χ3n) is 4.94. The lowest BCUT2D eigenvalue weighted by Crippen LogP contribution is -2.48. The van der Waals surface area contributed by atoms with Crippen LogP contribution in [-0.2, 0) is 19.6 Å². The molecule has 0 spiro atoms. The minimum Gasteiger partial charge on any atom is -0.452 e. The molecule has 1 heterocycles. The summed E-state index contributed by atoms with van der Waals surface area (Å²) in [7, 11) is -3.83. The van der Waals surface area contributed by atoms with Crippen LogP contribution in [0.25, 0.3) is 0 Å². The Morgan fingerprint density at radius 3 is 2.34 bits per heavy atom. The van der Waals surface area contributed by atoms with Crippen molar-refractivity contribution in [2.24, 2.45) is 0 Å². The van der Waals surface area contributed by atoms with Gasteiger partial charge in [-0.3, -0.25) is 4.79 Å². The number of piperazine rings is 1. The molecule has 2 aromatic carbocycles. The number of anilines is 1. The predicted octanol–water partition coefficient (Wildman–Crippen LogP) is 2.53. The van der Waals surface area contributed by atoms with Gasteiger partial charge >= 0.3 is 5.97 Å². The number of carbonyl (C=O) groups excluding carboxylic acids is 2. The standard InChI is InChI=1S/C22H26ClN3O5S/c1-16(2)24-21(27)15-31-22(28)19-14-18(8-9-20(19)23)32(29,30)26-12-10-25(11-13-26)17-6-4-3-5-7-17/h3-9,14,16H,10-13,15H2,1-2H3,(H,24,27). The molecule has 0 bridgehead atoms. The Kier molecular flexibility index (Phi) is 7.76. The third-order valence-corrected chi connectivity index (χ3v) is 7.16. The number of sulfonamides is 1. The van der Waals surface area contributed by atoms with Crippen molar-refractivity contribution < 1.29 is 22.7 Å². The van der Waals surface area contributed by atoms with E-state index in [9.17, 15) is 18.0 Å². The first-order valence-corrected chi connectivity index (χ1v) is 12.1. The largest absolute Gasteiger partial charge is 0.452 e. The van der Waals surface area contributed by atoms with Crippen molar-refractivity contribution in [3.05, 3.63) is 59.1 Å². The number of rotatable bonds is 7. The summed E-state index contributed by atoms with van der Waals surface area (Å²) in [4.78, 5) is 26.2. The summed E-state index contributed by atoms with van der Waals surface area (Å²) >= 11 is 6.10. The molecule has 1 saturated heterocycles. The van der Waals surface area contributed by atoms with Crippen molar-refractivity contribution in [3.8, 4) is 0 Å². The second-order valence-electron chi connectivity index (χ2n) is 7.67. The number of amides is 1. The highest BCUT2D eigenvalue weighted by molar-refractivity contribution is 7.89. The number of ether oxygens (including phenoxy) is 1. The zero-order valence-corrected chi connectivity index (χ0v) is 19.5. The quantitative estimate of drug-likeness (QED) is 0.613. The SMILES string of the molecule is CC(C)NC(=O)COC(=O)c1cc(S(=O)(=O)N2CCN(c3ccccc3)CC2)ccc1Cl. The van der Waals surface area contributed by atoms with Gasteiger partial charge in [-0.2, -0.15) is 4.31 Å². The summed E-state index contributed by atoms with van der Waals surface area (Å²) in [5.74, 6) is -1.32. The number of hydrogen-bond acceptors (Lipinski definition) is 6. The van der Waals surface area contributed by atoms with Gasteiger partial charge in [-0.05, 0) is 44.2 Å². The Morgan fingerprint density at radius 1 is 1.06 bits per heavy atom. The van der Waals surface area contributed by atoms with E-state index in [0.29, 0.717) is 26.2 Å². The summed E-state index contributed by atoms with van der Waals surface area (Å²) in [5, 5.41) is 2.65. The summed E-state index contributed by atoms with van der Waals surface area (Å²) in [6.07, 6.45) is 0. The van der Waals surface area contributed by atoms with Crippen molar-refractivity contribution in [2.45, 2.75) is 24.8 Å². The van der Waals surface area contributed by atoms with Gasteiger partial charge in [-0.25, -0.2) is 13.2 Å². The first-order valence-electron chi connectivity index (χ1n) is 10.2. The molecule has 0 unspecified atom stereocenters. The van der Waals surface area contributed by atoms with E-state index in [-0.39, 0.29) is 21.5 Å². The van der Waals surface area contributed by atoms with Gasteiger partial charge in [0, 0.05) is 37.9 Å². The number of nitrogens with zero attached hydrogens (tertiary/aromatic N) is 2. The van der Waals surface area contributed by atoms with E-state index < -0.39 is 28.5 Å². The van der Waals surface area contributed by atoms with Crippen LogP contribution in [0.4, 0.5) is 5.69 Å². The van der Waals surface area contributed by atoms with E-state index in [1.165, 1.54) is 22.5 Å². The van der Waals surface area contributed by atoms with Crippen LogP contribution in [0, 0.1) is 0 Å². The first kappa shape index (κ1) is 24.0. The lowest BCUT2D eigenvalue weighted by Gasteiger charge is -2.35. The number of carbonyl (C=O) groups is 2. The molecular weight excluding hydrogens is 454 g/mol. The second kappa shape index (κ2) is 10.3. The number of esters is 1. The molecule has 1 fully saturated rings. The minimum absolute atomic E-state index is 0.0476. The van der Waals surface area contributed by atoms with Gasteiger partial charge in [0.1, 0.15) is 0 Å². The summed E-state index contributed by atoms with van der Waals surface area (Å²) in [6.45, 7) is 4.82. The van der Waals surface area contributed by atoms with Gasteiger partial charge in [-0.15, -0.1) is 0 Å². The van der Waals surface area contributed by atoms with Crippen LogP contribution >= 0.6 is 11.6 Å². The van der Waals surface area contributed by atoms with Crippen LogP contribution in [0.15, 0.2) is 53.4 Å². The molecule has 1 N–H and O–H groups in total. The monoisotopic (exact) mass is 479 g/mol. The van der Waals surface area contributed by atoms with Crippen LogP contribution in [0.2, 0.25) is 5.02 Å². The molecule has 1 aliphatic rings. The van der Waals surface area contributed by atoms with Crippen LogP contribution in [-0.4, -0.2) is 63.4 Å². The molecular formula is C22H26ClN3O5S. The van der Waals surface area contributed by atoms with E-state index in [2.05, 4.69) is 10.2 Å². The predicted molar refractivity (Wildman–Crippen MR) is 122 cm³/mol. The Balaban J connectivity index is 1.69. The number of nitrogens with one attached hydrogen (secondary N) is 1. The Labute approximate surface area is 193 Å². The maximum absolute atomic E-state index is 13.2. The maximum atomic E-state index is 13.2. The van der Waals surface area contributed by atoms with Gasteiger partial charge in [0.15, 0.2) is 6.61 Å². The number of benzene rings is 2. The van der Waals surface area contributed by atoms with Gasteiger partial charge in [-0.1, -0.05) is 29.8 Å². The van der Waals surface area contributed by atoms with Crippen LogP contribution in [0.5, 0.6) is 0 Å². The van der Waals surface area contributed by atoms with E-state index in [1.807, 2.05) is 30.3 Å². The molecule has 8 nitrogen and oxygen atoms in total.